The molecule has 1 fully saturated rings. The fourth-order valence-corrected chi connectivity index (χ4v) is 2.06. The van der Waals surface area contributed by atoms with Gasteiger partial charge in [-0.05, 0) is 26.3 Å². The third-order valence-electron chi connectivity index (χ3n) is 3.05. The lowest BCUT2D eigenvalue weighted by Gasteiger charge is -2.40. The van der Waals surface area contributed by atoms with Crippen LogP contribution in [0.5, 0.6) is 0 Å². The molecule has 0 saturated carbocycles. The summed E-state index contributed by atoms with van der Waals surface area (Å²) in [5, 5.41) is 27.6. The van der Waals surface area contributed by atoms with E-state index >= 15 is 0 Å². The Balaban J connectivity index is 2.73. The molecule has 3 N–H and O–H groups in total. The van der Waals surface area contributed by atoms with E-state index < -0.39 is 5.54 Å². The van der Waals surface area contributed by atoms with Crippen molar-refractivity contribution in [3.8, 4) is 0 Å². The maximum atomic E-state index is 9.19. The molecule has 4 heteroatoms. The predicted octanol–water partition coefficient (Wildman–Crippen LogP) is -0.814. The molecular weight excluding hydrogens is 170 g/mol. The number of aliphatic hydroxyl groups excluding tert-OH is 3. The highest BCUT2D eigenvalue weighted by molar-refractivity contribution is 4.94. The number of hydrogen-bond donors (Lipinski definition) is 3. The lowest BCUT2D eigenvalue weighted by molar-refractivity contribution is -0.0512. The van der Waals surface area contributed by atoms with E-state index in [1.807, 2.05) is 4.90 Å². The van der Waals surface area contributed by atoms with Crippen molar-refractivity contribution in [2.24, 2.45) is 0 Å². The van der Waals surface area contributed by atoms with E-state index in [1.54, 1.807) is 0 Å². The standard InChI is InChI=1S/C9H19NO3/c1-8-3-2-4-10(8)9(5-11,6-12)7-13/h8,11-13H,2-7H2,1H3. The minimum Gasteiger partial charge on any atom is -0.394 e. The van der Waals surface area contributed by atoms with Gasteiger partial charge >= 0.3 is 0 Å². The summed E-state index contributed by atoms with van der Waals surface area (Å²) in [6.07, 6.45) is 2.14. The summed E-state index contributed by atoms with van der Waals surface area (Å²) >= 11 is 0. The smallest absolute Gasteiger partial charge is 0.0908 e. The normalized spacial score (nSPS) is 25.4. The topological polar surface area (TPSA) is 63.9 Å². The minimum atomic E-state index is -0.823. The molecule has 1 aliphatic heterocycles. The third kappa shape index (κ3) is 1.86. The van der Waals surface area contributed by atoms with Crippen LogP contribution in [0.3, 0.4) is 0 Å². The van der Waals surface area contributed by atoms with Gasteiger partial charge in [0.2, 0.25) is 0 Å². The molecule has 1 saturated heterocycles. The van der Waals surface area contributed by atoms with Crippen molar-refractivity contribution in [3.05, 3.63) is 0 Å². The van der Waals surface area contributed by atoms with Crippen LogP contribution in [0.2, 0.25) is 0 Å². The number of rotatable bonds is 4. The minimum absolute atomic E-state index is 0.190. The van der Waals surface area contributed by atoms with Crippen molar-refractivity contribution in [2.75, 3.05) is 26.4 Å². The number of aliphatic hydroxyl groups is 3. The van der Waals surface area contributed by atoms with Gasteiger partial charge in [-0.2, -0.15) is 0 Å². The SMILES string of the molecule is CC1CCCN1C(CO)(CO)CO. The molecule has 0 radical (unpaired) electrons. The van der Waals surface area contributed by atoms with Crippen molar-refractivity contribution in [3.63, 3.8) is 0 Å². The molecule has 0 amide bonds. The average molecular weight is 189 g/mol. The third-order valence-corrected chi connectivity index (χ3v) is 3.05. The molecule has 1 aliphatic rings. The largest absolute Gasteiger partial charge is 0.394 e. The van der Waals surface area contributed by atoms with Crippen LogP contribution in [0.25, 0.3) is 0 Å². The summed E-state index contributed by atoms with van der Waals surface area (Å²) in [6, 6.07) is 0.339. The summed E-state index contributed by atoms with van der Waals surface area (Å²) in [7, 11) is 0. The molecule has 1 atom stereocenters. The maximum Gasteiger partial charge on any atom is 0.0908 e. The van der Waals surface area contributed by atoms with Gasteiger partial charge in [0.1, 0.15) is 0 Å². The second kappa shape index (κ2) is 4.37. The fourth-order valence-electron chi connectivity index (χ4n) is 2.06. The Labute approximate surface area is 78.8 Å². The molecule has 0 aromatic heterocycles. The quantitative estimate of drug-likeness (QED) is 0.541. The Morgan fingerprint density at radius 2 is 1.77 bits per heavy atom. The molecule has 1 heterocycles. The molecule has 1 unspecified atom stereocenters. The summed E-state index contributed by atoms with van der Waals surface area (Å²) in [5.41, 5.74) is -0.823. The van der Waals surface area contributed by atoms with Gasteiger partial charge in [0, 0.05) is 6.04 Å². The average Bonchev–Trinajstić information content (AvgIpc) is 2.57. The lowest BCUT2D eigenvalue weighted by atomic mass is 10.00. The first-order valence-electron chi connectivity index (χ1n) is 4.79. The summed E-state index contributed by atoms with van der Waals surface area (Å²) in [5.74, 6) is 0. The Kier molecular flexibility index (Phi) is 3.67. The number of nitrogens with zero attached hydrogens (tertiary/aromatic N) is 1. The molecule has 13 heavy (non-hydrogen) atoms. The van der Waals surface area contributed by atoms with Gasteiger partial charge in [-0.25, -0.2) is 0 Å². The fraction of sp³-hybridized carbons (Fsp3) is 1.00. The van der Waals surface area contributed by atoms with Crippen molar-refractivity contribution in [2.45, 2.75) is 31.3 Å². The number of hydrogen-bond acceptors (Lipinski definition) is 4. The zero-order chi connectivity index (χ0) is 9.90. The van der Waals surface area contributed by atoms with Gasteiger partial charge in [-0.1, -0.05) is 0 Å². The van der Waals surface area contributed by atoms with Crippen LogP contribution in [0.4, 0.5) is 0 Å². The highest BCUT2D eigenvalue weighted by Crippen LogP contribution is 2.26. The van der Waals surface area contributed by atoms with Crippen LogP contribution < -0.4 is 0 Å². The Bertz CT molecular complexity index is 151. The first-order chi connectivity index (χ1) is 6.20. The Morgan fingerprint density at radius 3 is 2.08 bits per heavy atom. The molecule has 4 nitrogen and oxygen atoms in total. The van der Waals surface area contributed by atoms with Crippen LogP contribution in [0, 0.1) is 0 Å². The zero-order valence-electron chi connectivity index (χ0n) is 8.11. The molecular formula is C9H19NO3. The molecule has 0 aromatic rings. The van der Waals surface area contributed by atoms with Crippen LogP contribution in [-0.4, -0.2) is 58.2 Å². The van der Waals surface area contributed by atoms with E-state index in [-0.39, 0.29) is 19.8 Å². The van der Waals surface area contributed by atoms with E-state index in [4.69, 9.17) is 0 Å². The van der Waals surface area contributed by atoms with Crippen molar-refractivity contribution in [1.82, 2.24) is 4.90 Å². The van der Waals surface area contributed by atoms with Crippen LogP contribution >= 0.6 is 0 Å². The first kappa shape index (κ1) is 10.9. The Morgan fingerprint density at radius 1 is 1.23 bits per heavy atom. The van der Waals surface area contributed by atoms with E-state index in [9.17, 15) is 15.3 Å². The molecule has 0 aliphatic carbocycles. The molecule has 1 rings (SSSR count). The molecule has 78 valence electrons. The van der Waals surface area contributed by atoms with Crippen molar-refractivity contribution < 1.29 is 15.3 Å². The van der Waals surface area contributed by atoms with Gasteiger partial charge in [-0.3, -0.25) is 4.90 Å². The summed E-state index contributed by atoms with van der Waals surface area (Å²) in [6.45, 7) is 2.34. The highest BCUT2D eigenvalue weighted by Gasteiger charge is 2.39. The highest BCUT2D eigenvalue weighted by atomic mass is 16.3. The second-order valence-electron chi connectivity index (χ2n) is 3.88. The first-order valence-corrected chi connectivity index (χ1v) is 4.79. The lowest BCUT2D eigenvalue weighted by Crippen LogP contribution is -2.58. The van der Waals surface area contributed by atoms with E-state index in [2.05, 4.69) is 6.92 Å². The van der Waals surface area contributed by atoms with Gasteiger partial charge in [0.05, 0.1) is 25.4 Å². The van der Waals surface area contributed by atoms with Crippen LogP contribution in [0.1, 0.15) is 19.8 Å². The number of likely N-dealkylation sites (tertiary alicyclic amines) is 1. The van der Waals surface area contributed by atoms with Gasteiger partial charge < -0.3 is 15.3 Å². The zero-order valence-corrected chi connectivity index (χ0v) is 8.11. The summed E-state index contributed by atoms with van der Waals surface area (Å²) < 4.78 is 0. The van der Waals surface area contributed by atoms with Gasteiger partial charge in [-0.15, -0.1) is 0 Å². The van der Waals surface area contributed by atoms with Gasteiger partial charge in [0.15, 0.2) is 0 Å². The van der Waals surface area contributed by atoms with E-state index in [0.29, 0.717) is 6.04 Å². The van der Waals surface area contributed by atoms with Crippen molar-refractivity contribution in [1.29, 1.82) is 0 Å². The summed E-state index contributed by atoms with van der Waals surface area (Å²) in [4.78, 5) is 2.01. The maximum absolute atomic E-state index is 9.19. The van der Waals surface area contributed by atoms with E-state index in [0.717, 1.165) is 19.4 Å². The monoisotopic (exact) mass is 189 g/mol. The molecule has 0 spiro atoms. The second-order valence-corrected chi connectivity index (χ2v) is 3.88. The predicted molar refractivity (Wildman–Crippen MR) is 49.4 cm³/mol. The van der Waals surface area contributed by atoms with Crippen molar-refractivity contribution >= 4 is 0 Å². The molecule has 0 bridgehead atoms. The van der Waals surface area contributed by atoms with E-state index in [1.165, 1.54) is 0 Å². The van der Waals surface area contributed by atoms with Crippen LogP contribution in [-0.2, 0) is 0 Å². The molecule has 0 aromatic carbocycles. The van der Waals surface area contributed by atoms with Gasteiger partial charge in [0.25, 0.3) is 0 Å². The Hall–Kier alpha value is -0.160. The van der Waals surface area contributed by atoms with Crippen LogP contribution in [0.15, 0.2) is 0 Å².